The van der Waals surface area contributed by atoms with E-state index in [0.717, 1.165) is 56.7 Å². The zero-order chi connectivity index (χ0) is 23.2. The second-order valence-corrected chi connectivity index (χ2v) is 8.81. The number of piperidine rings is 1. The van der Waals surface area contributed by atoms with Crippen LogP contribution in [0.4, 0.5) is 14.7 Å². The first-order valence-electron chi connectivity index (χ1n) is 11.8. The minimum absolute atomic E-state index is 0.0801. The normalized spacial score (nSPS) is 18.8. The molecule has 1 aromatic heterocycles. The lowest BCUT2D eigenvalue weighted by Gasteiger charge is -2.32. The molecule has 2 aromatic rings. The maximum absolute atomic E-state index is 14.5. The number of nitrogens with zero attached hydrogens (tertiary/aromatic N) is 3. The molecule has 178 valence electrons. The number of ether oxygens (including phenoxy) is 1. The average molecular weight is 459 g/mol. The van der Waals surface area contributed by atoms with Gasteiger partial charge >= 0.3 is 0 Å². The molecule has 1 atom stereocenters. The fourth-order valence-electron chi connectivity index (χ4n) is 4.46. The van der Waals surface area contributed by atoms with Gasteiger partial charge in [-0.1, -0.05) is 13.0 Å². The van der Waals surface area contributed by atoms with Crippen LogP contribution in [0.1, 0.15) is 50.2 Å². The number of benzene rings is 1. The van der Waals surface area contributed by atoms with Crippen molar-refractivity contribution in [3.63, 3.8) is 0 Å². The summed E-state index contributed by atoms with van der Waals surface area (Å²) in [7, 11) is 0. The molecule has 1 fully saturated rings. The molecule has 0 spiro atoms. The first-order chi connectivity index (χ1) is 16.1. The van der Waals surface area contributed by atoms with Crippen molar-refractivity contribution in [2.75, 3.05) is 31.2 Å². The third kappa shape index (κ3) is 5.79. The first kappa shape index (κ1) is 23.4. The molecule has 0 saturated carbocycles. The molecule has 0 amide bonds. The molecule has 2 N–H and O–H groups in total. The second-order valence-electron chi connectivity index (χ2n) is 8.81. The molecule has 1 saturated heterocycles. The molecular weight excluding hydrogens is 426 g/mol. The fraction of sp³-hybridized carbons (Fsp3) is 0.520. The molecule has 4 rings (SSSR count). The Bertz CT molecular complexity index is 936. The van der Waals surface area contributed by atoms with Crippen molar-refractivity contribution in [1.82, 2.24) is 15.3 Å². The Kier molecular flexibility index (Phi) is 7.75. The van der Waals surface area contributed by atoms with Crippen LogP contribution in [0, 0.1) is 17.6 Å². The van der Waals surface area contributed by atoms with E-state index in [2.05, 4.69) is 27.1 Å². The maximum atomic E-state index is 14.5. The van der Waals surface area contributed by atoms with Crippen molar-refractivity contribution in [3.8, 4) is 5.75 Å². The number of aromatic nitrogens is 2. The van der Waals surface area contributed by atoms with E-state index in [1.54, 1.807) is 6.08 Å². The largest absolute Gasteiger partial charge is 0.493 e. The van der Waals surface area contributed by atoms with Crippen LogP contribution in [0.15, 0.2) is 30.6 Å². The summed E-state index contributed by atoms with van der Waals surface area (Å²) in [6.45, 7) is 4.32. The Labute approximate surface area is 193 Å². The Morgan fingerprint density at radius 3 is 2.45 bits per heavy atom. The predicted molar refractivity (Wildman–Crippen MR) is 124 cm³/mol. The monoisotopic (exact) mass is 458 g/mol. The molecule has 0 radical (unpaired) electrons. The Hall–Kier alpha value is -2.74. The molecule has 2 aliphatic heterocycles. The number of halogens is 2. The highest BCUT2D eigenvalue weighted by molar-refractivity contribution is 5.67. The highest BCUT2D eigenvalue weighted by Crippen LogP contribution is 2.29. The van der Waals surface area contributed by atoms with Crippen LogP contribution in [-0.4, -0.2) is 47.4 Å². The lowest BCUT2D eigenvalue weighted by molar-refractivity contribution is 0.259. The van der Waals surface area contributed by atoms with Crippen LogP contribution in [0.25, 0.3) is 5.70 Å². The summed E-state index contributed by atoms with van der Waals surface area (Å²) >= 11 is 0. The zero-order valence-electron chi connectivity index (χ0n) is 19.1. The van der Waals surface area contributed by atoms with E-state index in [-0.39, 0.29) is 24.0 Å². The van der Waals surface area contributed by atoms with Crippen molar-refractivity contribution in [2.24, 2.45) is 5.92 Å². The Morgan fingerprint density at radius 1 is 1.15 bits per heavy atom. The third-order valence-electron chi connectivity index (χ3n) is 6.49. The van der Waals surface area contributed by atoms with Gasteiger partial charge in [0.2, 0.25) is 5.95 Å². The van der Waals surface area contributed by atoms with Gasteiger partial charge in [0.1, 0.15) is 17.4 Å². The summed E-state index contributed by atoms with van der Waals surface area (Å²) in [4.78, 5) is 11.2. The number of aryl methyl sites for hydroxylation is 1. The highest BCUT2D eigenvalue weighted by Gasteiger charge is 2.23. The zero-order valence-corrected chi connectivity index (χ0v) is 19.1. The minimum atomic E-state index is -0.663. The summed E-state index contributed by atoms with van der Waals surface area (Å²) in [6.07, 6.45) is 11.0. The van der Waals surface area contributed by atoms with Crippen LogP contribution >= 0.6 is 0 Å². The third-order valence-corrected chi connectivity index (χ3v) is 6.49. The van der Waals surface area contributed by atoms with Gasteiger partial charge in [-0.2, -0.15) is 0 Å². The number of aliphatic hydroxyl groups is 1. The summed E-state index contributed by atoms with van der Waals surface area (Å²) < 4.78 is 34.7. The van der Waals surface area contributed by atoms with Crippen molar-refractivity contribution in [2.45, 2.75) is 51.5 Å². The van der Waals surface area contributed by atoms with E-state index < -0.39 is 11.6 Å². The molecule has 3 heterocycles. The summed E-state index contributed by atoms with van der Waals surface area (Å²) in [6, 6.07) is 2.26. The van der Waals surface area contributed by atoms with Gasteiger partial charge in [0.05, 0.1) is 24.8 Å². The van der Waals surface area contributed by atoms with E-state index in [1.165, 1.54) is 12.1 Å². The van der Waals surface area contributed by atoms with Crippen molar-refractivity contribution in [3.05, 3.63) is 53.4 Å². The summed E-state index contributed by atoms with van der Waals surface area (Å²) in [5.41, 5.74) is 1.43. The van der Waals surface area contributed by atoms with E-state index >= 15 is 0 Å². The lowest BCUT2D eigenvalue weighted by Crippen LogP contribution is -2.35. The molecule has 8 heteroatoms. The van der Waals surface area contributed by atoms with Gasteiger partial charge in [-0.3, -0.25) is 0 Å². The fourth-order valence-corrected chi connectivity index (χ4v) is 4.46. The summed E-state index contributed by atoms with van der Waals surface area (Å²) in [5, 5.41) is 12.1. The SMILES string of the molecule is CCc1cnc(N2CCC(CCCOc3cc(F)c(C4=CC[C@@H](CO)N4)c(F)c3)CC2)nc1. The number of nitrogens with one attached hydrogen (secondary N) is 1. The average Bonchev–Trinajstić information content (AvgIpc) is 3.31. The number of hydrogen-bond donors (Lipinski definition) is 2. The number of aliphatic hydroxyl groups excluding tert-OH is 1. The maximum Gasteiger partial charge on any atom is 0.225 e. The van der Waals surface area contributed by atoms with Gasteiger partial charge in [0.15, 0.2) is 0 Å². The van der Waals surface area contributed by atoms with Gasteiger partial charge < -0.3 is 20.1 Å². The highest BCUT2D eigenvalue weighted by atomic mass is 19.1. The van der Waals surface area contributed by atoms with Crippen molar-refractivity contribution >= 4 is 11.6 Å². The van der Waals surface area contributed by atoms with E-state index in [0.29, 0.717) is 24.6 Å². The van der Waals surface area contributed by atoms with Gasteiger partial charge in [-0.15, -0.1) is 0 Å². The Balaban J connectivity index is 1.20. The molecule has 2 aliphatic rings. The molecule has 0 unspecified atom stereocenters. The number of anilines is 1. The quantitative estimate of drug-likeness (QED) is 0.552. The number of rotatable bonds is 9. The molecule has 0 bridgehead atoms. The van der Waals surface area contributed by atoms with Crippen LogP contribution < -0.4 is 15.0 Å². The van der Waals surface area contributed by atoms with Crippen LogP contribution in [0.3, 0.4) is 0 Å². The molecular formula is C25H32F2N4O2. The first-order valence-corrected chi connectivity index (χ1v) is 11.8. The Morgan fingerprint density at radius 2 is 1.85 bits per heavy atom. The predicted octanol–water partition coefficient (Wildman–Crippen LogP) is 4.09. The molecule has 33 heavy (non-hydrogen) atoms. The van der Waals surface area contributed by atoms with Gasteiger partial charge in [0, 0.05) is 43.3 Å². The smallest absolute Gasteiger partial charge is 0.225 e. The minimum Gasteiger partial charge on any atom is -0.493 e. The van der Waals surface area contributed by atoms with Crippen molar-refractivity contribution < 1.29 is 18.6 Å². The van der Waals surface area contributed by atoms with Crippen LogP contribution in [0.5, 0.6) is 5.75 Å². The topological polar surface area (TPSA) is 70.5 Å². The van der Waals surface area contributed by atoms with E-state index in [4.69, 9.17) is 4.74 Å². The van der Waals surface area contributed by atoms with Gasteiger partial charge in [-0.05, 0) is 50.0 Å². The van der Waals surface area contributed by atoms with E-state index in [9.17, 15) is 13.9 Å². The molecule has 0 aliphatic carbocycles. The second kappa shape index (κ2) is 10.9. The standard InChI is InChI=1S/C25H32F2N4O2/c1-2-17-14-28-25(29-15-17)31-9-7-18(8-10-31)4-3-11-33-20-12-21(26)24(22(27)13-20)23-6-5-19(16-32)30-23/h6,12-15,18-19,30,32H,2-5,7-11,16H2,1H3/t19-/m0/s1. The van der Waals surface area contributed by atoms with Crippen LogP contribution in [-0.2, 0) is 6.42 Å². The van der Waals surface area contributed by atoms with Gasteiger partial charge in [0.25, 0.3) is 0 Å². The molecule has 6 nitrogen and oxygen atoms in total. The van der Waals surface area contributed by atoms with E-state index in [1.807, 2.05) is 12.4 Å². The lowest BCUT2D eigenvalue weighted by atomic mass is 9.92. The number of hydrogen-bond acceptors (Lipinski definition) is 6. The van der Waals surface area contributed by atoms with Crippen LogP contribution in [0.2, 0.25) is 0 Å². The molecule has 1 aromatic carbocycles. The van der Waals surface area contributed by atoms with Gasteiger partial charge in [-0.25, -0.2) is 18.7 Å². The summed E-state index contributed by atoms with van der Waals surface area (Å²) in [5.74, 6) is 0.286. The van der Waals surface area contributed by atoms with Crippen molar-refractivity contribution in [1.29, 1.82) is 0 Å².